The van der Waals surface area contributed by atoms with Crippen molar-refractivity contribution < 1.29 is 35.8 Å². The van der Waals surface area contributed by atoms with Crippen molar-refractivity contribution in [2.75, 3.05) is 0 Å². The van der Waals surface area contributed by atoms with Gasteiger partial charge in [0.25, 0.3) is 0 Å². The van der Waals surface area contributed by atoms with E-state index in [4.69, 9.17) is 0 Å². The maximum atomic E-state index is 9.91. The van der Waals surface area contributed by atoms with Gasteiger partial charge in [0.05, 0.1) is 0 Å². The molecule has 0 aliphatic rings. The van der Waals surface area contributed by atoms with Gasteiger partial charge in [-0.15, -0.1) is 0 Å². The van der Waals surface area contributed by atoms with Gasteiger partial charge in [-0.05, 0) is 0 Å². The molecule has 0 saturated carbocycles. The Morgan fingerprint density at radius 1 is 0.667 bits per heavy atom. The molecule has 4 nitrogen and oxygen atoms in total. The van der Waals surface area contributed by atoms with E-state index in [1.165, 1.54) is 0 Å². The second kappa shape index (κ2) is 3.43. The van der Waals surface area contributed by atoms with E-state index in [1.54, 1.807) is 0 Å². The Balaban J connectivity index is 4.53. The molecule has 0 spiro atoms. The summed E-state index contributed by atoms with van der Waals surface area (Å²) in [4.78, 5) is 39.6. The molecule has 0 aromatic rings. The summed E-state index contributed by atoms with van der Waals surface area (Å²) >= 11 is -3.89. The van der Waals surface area contributed by atoms with Crippen LogP contribution < -0.4 is 0 Å². The van der Waals surface area contributed by atoms with Crippen LogP contribution in [0.25, 0.3) is 0 Å². The summed E-state index contributed by atoms with van der Waals surface area (Å²) in [7, 11) is 0. The Kier molecular flexibility index (Phi) is 3.20. The molecule has 0 fully saturated rings. The summed E-state index contributed by atoms with van der Waals surface area (Å²) < 4.78 is 0.750. The molecular formula is C4H4O4Ti. The van der Waals surface area contributed by atoms with Crippen LogP contribution in [0.5, 0.6) is 0 Å². The van der Waals surface area contributed by atoms with Crippen LogP contribution in [-0.2, 0) is 35.8 Å². The summed E-state index contributed by atoms with van der Waals surface area (Å²) in [6.07, 6.45) is 0. The van der Waals surface area contributed by atoms with E-state index in [2.05, 4.69) is 0 Å². The second-order valence-electron chi connectivity index (χ2n) is 1.47. The number of rotatable bonds is 4. The third kappa shape index (κ3) is 1.66. The molecule has 9 heavy (non-hydrogen) atoms. The van der Waals surface area contributed by atoms with Crippen LogP contribution in [0.15, 0.2) is 0 Å². The van der Waals surface area contributed by atoms with Crippen molar-refractivity contribution in [3.8, 4) is 0 Å². The summed E-state index contributed by atoms with van der Waals surface area (Å²) in [5.74, 6) is 0. The van der Waals surface area contributed by atoms with Crippen LogP contribution >= 0.6 is 0 Å². The normalized spacial score (nSPS) is 9.78. The van der Waals surface area contributed by atoms with Crippen molar-refractivity contribution >= 4 is 18.4 Å². The molecular weight excluding hydrogens is 160 g/mol. The van der Waals surface area contributed by atoms with E-state index in [9.17, 15) is 19.2 Å². The van der Waals surface area contributed by atoms with Crippen molar-refractivity contribution in [1.82, 2.24) is 0 Å². The van der Waals surface area contributed by atoms with Gasteiger partial charge in [0.2, 0.25) is 0 Å². The minimum absolute atomic E-state index is 0.188. The third-order valence-corrected chi connectivity index (χ3v) is 3.37. The standard InChI is InChI=1S/4CHO.Ti/c4*1-2;/h4*1H;. The zero-order valence-corrected chi connectivity index (χ0v) is 6.00. The molecule has 5 heteroatoms. The first kappa shape index (κ1) is 8.39. The van der Waals surface area contributed by atoms with Gasteiger partial charge in [-0.25, -0.2) is 0 Å². The molecule has 0 bridgehead atoms. The summed E-state index contributed by atoms with van der Waals surface area (Å²) in [6, 6.07) is 0. The van der Waals surface area contributed by atoms with Crippen molar-refractivity contribution in [2.24, 2.45) is 0 Å². The van der Waals surface area contributed by atoms with Gasteiger partial charge in [-0.2, -0.15) is 0 Å². The topological polar surface area (TPSA) is 68.3 Å². The molecule has 0 radical (unpaired) electrons. The van der Waals surface area contributed by atoms with Crippen LogP contribution in [-0.4, -0.2) is 18.4 Å². The first-order valence-electron chi connectivity index (χ1n) is 2.10. The molecule has 0 aromatic heterocycles. The van der Waals surface area contributed by atoms with Gasteiger partial charge in [0.15, 0.2) is 0 Å². The van der Waals surface area contributed by atoms with E-state index >= 15 is 0 Å². The first-order chi connectivity index (χ1) is 4.24. The van der Waals surface area contributed by atoms with E-state index in [0.717, 1.165) is 0 Å². The molecule has 0 aromatic carbocycles. The molecule has 0 aliphatic heterocycles. The fourth-order valence-corrected chi connectivity index (χ4v) is 0.687. The molecule has 0 saturated heterocycles. The Bertz CT molecular complexity index is 115. The fourth-order valence-electron chi connectivity index (χ4n) is 0.167. The molecule has 0 rings (SSSR count). The average molecular weight is 164 g/mol. The Morgan fingerprint density at radius 2 is 0.889 bits per heavy atom. The maximum absolute atomic E-state index is 9.91. The SMILES string of the molecule is O=[CH][Ti]([CH]=O)([CH]=O)[CH]=O. The summed E-state index contributed by atoms with van der Waals surface area (Å²) in [5.41, 5.74) is 0. The monoisotopic (exact) mass is 164 g/mol. The van der Waals surface area contributed by atoms with Gasteiger partial charge in [0, 0.05) is 0 Å². The van der Waals surface area contributed by atoms with E-state index in [-0.39, 0.29) is 18.4 Å². The number of hydrogen-bond acceptors (Lipinski definition) is 4. The molecule has 0 aliphatic carbocycles. The number of hydrogen-bond donors (Lipinski definition) is 0. The zero-order valence-electron chi connectivity index (χ0n) is 4.44. The minimum atomic E-state index is -3.89. The Morgan fingerprint density at radius 3 is 0.889 bits per heavy atom. The van der Waals surface area contributed by atoms with Gasteiger partial charge in [-0.1, -0.05) is 0 Å². The van der Waals surface area contributed by atoms with Crippen molar-refractivity contribution in [1.29, 1.82) is 0 Å². The number of carbonyl (C=O) groups is 4. The summed E-state index contributed by atoms with van der Waals surface area (Å²) in [5, 5.41) is 0. The Labute approximate surface area is 54.6 Å². The van der Waals surface area contributed by atoms with Crippen LogP contribution in [0.3, 0.4) is 0 Å². The first-order valence-corrected chi connectivity index (χ1v) is 5.70. The summed E-state index contributed by atoms with van der Waals surface area (Å²) in [6.45, 7) is 0. The second-order valence-corrected chi connectivity index (χ2v) is 6.07. The van der Waals surface area contributed by atoms with Gasteiger partial charge < -0.3 is 0 Å². The zero-order chi connectivity index (χ0) is 7.33. The van der Waals surface area contributed by atoms with Gasteiger partial charge in [-0.3, -0.25) is 0 Å². The molecule has 48 valence electrons. The van der Waals surface area contributed by atoms with Crippen molar-refractivity contribution in [3.05, 3.63) is 0 Å². The predicted molar refractivity (Wildman–Crippen MR) is 27.0 cm³/mol. The van der Waals surface area contributed by atoms with Crippen molar-refractivity contribution in [2.45, 2.75) is 0 Å². The fraction of sp³-hybridized carbons (Fsp3) is 0. The predicted octanol–water partition coefficient (Wildman–Crippen LogP) is -1.10. The average Bonchev–Trinajstić information content (AvgIpc) is 1.95. The van der Waals surface area contributed by atoms with Crippen LogP contribution in [0.1, 0.15) is 0 Å². The third-order valence-electron chi connectivity index (χ3n) is 0.816. The quantitative estimate of drug-likeness (QED) is 0.390. The van der Waals surface area contributed by atoms with E-state index in [0.29, 0.717) is 0 Å². The molecule has 0 unspecified atom stereocenters. The van der Waals surface area contributed by atoms with Crippen molar-refractivity contribution in [3.63, 3.8) is 0 Å². The van der Waals surface area contributed by atoms with E-state index < -0.39 is 16.6 Å². The molecule has 0 N–H and O–H groups in total. The van der Waals surface area contributed by atoms with E-state index in [1.807, 2.05) is 0 Å². The number of carbonyl (C=O) groups excluding carboxylic acids is 4. The van der Waals surface area contributed by atoms with Gasteiger partial charge in [0.1, 0.15) is 0 Å². The van der Waals surface area contributed by atoms with Crippen LogP contribution in [0, 0.1) is 0 Å². The van der Waals surface area contributed by atoms with Gasteiger partial charge >= 0.3 is 54.1 Å². The Hall–Kier alpha value is -0.606. The molecule has 0 heterocycles. The van der Waals surface area contributed by atoms with Crippen LogP contribution in [0.2, 0.25) is 0 Å². The van der Waals surface area contributed by atoms with Crippen LogP contribution in [0.4, 0.5) is 0 Å². The molecule has 0 amide bonds. The molecule has 0 atom stereocenters.